The highest BCUT2D eigenvalue weighted by Crippen LogP contribution is 2.28. The quantitative estimate of drug-likeness (QED) is 0.549. The predicted molar refractivity (Wildman–Crippen MR) is 51.2 cm³/mol. The summed E-state index contributed by atoms with van der Waals surface area (Å²) in [7, 11) is 0. The van der Waals surface area contributed by atoms with Crippen molar-refractivity contribution in [1.82, 2.24) is 9.78 Å². The van der Waals surface area contributed by atoms with Crippen molar-refractivity contribution in [2.45, 2.75) is 6.54 Å². The lowest BCUT2D eigenvalue weighted by molar-refractivity contribution is -0.385. The van der Waals surface area contributed by atoms with Gasteiger partial charge in [-0.05, 0) is 0 Å². The van der Waals surface area contributed by atoms with Crippen LogP contribution in [-0.4, -0.2) is 34.5 Å². The van der Waals surface area contributed by atoms with E-state index in [1.807, 2.05) is 0 Å². The van der Waals surface area contributed by atoms with Crippen LogP contribution in [0.3, 0.4) is 0 Å². The third-order valence-electron chi connectivity index (χ3n) is 2.58. The Balaban J connectivity index is 2.07. The van der Waals surface area contributed by atoms with Gasteiger partial charge >= 0.3 is 5.69 Å². The van der Waals surface area contributed by atoms with Crippen LogP contribution in [0, 0.1) is 15.5 Å². The second kappa shape index (κ2) is 3.59. The highest BCUT2D eigenvalue weighted by atomic mass is 16.6. The lowest BCUT2D eigenvalue weighted by atomic mass is 9.86. The van der Waals surface area contributed by atoms with E-state index < -0.39 is 4.92 Å². The molecular formula is C8H12N4O3. The molecule has 7 heteroatoms. The average molecular weight is 212 g/mol. The van der Waals surface area contributed by atoms with Crippen LogP contribution in [0.1, 0.15) is 0 Å². The van der Waals surface area contributed by atoms with Crippen molar-refractivity contribution in [1.29, 1.82) is 0 Å². The molecule has 0 aromatic carbocycles. The van der Waals surface area contributed by atoms with Crippen molar-refractivity contribution in [2.75, 3.05) is 19.8 Å². The van der Waals surface area contributed by atoms with Crippen molar-refractivity contribution in [3.8, 4) is 0 Å². The van der Waals surface area contributed by atoms with Crippen LogP contribution >= 0.6 is 0 Å². The molecule has 0 aliphatic carbocycles. The zero-order chi connectivity index (χ0) is 10.9. The summed E-state index contributed by atoms with van der Waals surface area (Å²) in [4.78, 5) is 9.97. The molecule has 0 saturated carbocycles. The van der Waals surface area contributed by atoms with Gasteiger partial charge < -0.3 is 10.5 Å². The van der Waals surface area contributed by atoms with Crippen LogP contribution < -0.4 is 5.73 Å². The second-order valence-corrected chi connectivity index (χ2v) is 3.85. The van der Waals surface area contributed by atoms with Gasteiger partial charge in [0.15, 0.2) is 0 Å². The molecule has 1 saturated heterocycles. The van der Waals surface area contributed by atoms with Crippen LogP contribution in [0.25, 0.3) is 0 Å². The van der Waals surface area contributed by atoms with Gasteiger partial charge in [-0.25, -0.2) is 0 Å². The Labute approximate surface area is 86.0 Å². The molecule has 0 bridgehead atoms. The Morgan fingerprint density at radius 1 is 1.73 bits per heavy atom. The molecule has 0 spiro atoms. The first-order valence-corrected chi connectivity index (χ1v) is 4.60. The Bertz CT molecular complexity index is 366. The maximum Gasteiger partial charge on any atom is 0.306 e. The van der Waals surface area contributed by atoms with E-state index in [4.69, 9.17) is 10.5 Å². The van der Waals surface area contributed by atoms with Crippen molar-refractivity contribution < 1.29 is 9.66 Å². The average Bonchev–Trinajstić information content (AvgIpc) is 2.59. The first-order valence-electron chi connectivity index (χ1n) is 4.60. The summed E-state index contributed by atoms with van der Waals surface area (Å²) in [5, 5.41) is 14.4. The van der Waals surface area contributed by atoms with E-state index in [0.29, 0.717) is 26.3 Å². The van der Waals surface area contributed by atoms with Gasteiger partial charge in [0.2, 0.25) is 0 Å². The topological polar surface area (TPSA) is 96.2 Å². The highest BCUT2D eigenvalue weighted by Gasteiger charge is 2.38. The van der Waals surface area contributed by atoms with Crippen LogP contribution in [-0.2, 0) is 11.3 Å². The molecule has 82 valence electrons. The van der Waals surface area contributed by atoms with Gasteiger partial charge in [-0.1, -0.05) is 0 Å². The lowest BCUT2D eigenvalue weighted by Gasteiger charge is -2.40. The zero-order valence-electron chi connectivity index (χ0n) is 8.13. The van der Waals surface area contributed by atoms with Gasteiger partial charge in [0.25, 0.3) is 0 Å². The summed E-state index contributed by atoms with van der Waals surface area (Å²) < 4.78 is 6.65. The first kappa shape index (κ1) is 10.1. The summed E-state index contributed by atoms with van der Waals surface area (Å²) in [6.07, 6.45) is 2.65. The lowest BCUT2D eigenvalue weighted by Crippen LogP contribution is -2.51. The number of nitrogens with zero attached hydrogens (tertiary/aromatic N) is 3. The van der Waals surface area contributed by atoms with E-state index in [-0.39, 0.29) is 11.1 Å². The molecule has 0 radical (unpaired) electrons. The summed E-state index contributed by atoms with van der Waals surface area (Å²) in [6.45, 7) is 2.26. The Morgan fingerprint density at radius 2 is 2.47 bits per heavy atom. The van der Waals surface area contributed by atoms with E-state index in [1.165, 1.54) is 12.4 Å². The molecule has 2 rings (SSSR count). The molecule has 1 aromatic rings. The van der Waals surface area contributed by atoms with E-state index in [2.05, 4.69) is 5.10 Å². The number of aromatic nitrogens is 2. The third kappa shape index (κ3) is 1.83. The van der Waals surface area contributed by atoms with Crippen molar-refractivity contribution in [3.63, 3.8) is 0 Å². The number of ether oxygens (including phenoxy) is 1. The largest absolute Gasteiger partial charge is 0.380 e. The number of nitrogens with two attached hydrogens (primary N) is 1. The maximum absolute atomic E-state index is 10.4. The van der Waals surface area contributed by atoms with Gasteiger partial charge in [0.05, 0.1) is 24.7 Å². The van der Waals surface area contributed by atoms with E-state index >= 15 is 0 Å². The maximum atomic E-state index is 10.4. The van der Waals surface area contributed by atoms with E-state index in [1.54, 1.807) is 4.68 Å². The minimum atomic E-state index is -0.462. The molecule has 2 heterocycles. The number of hydrogen-bond acceptors (Lipinski definition) is 5. The molecule has 2 N–H and O–H groups in total. The minimum absolute atomic E-state index is 0.00223. The minimum Gasteiger partial charge on any atom is -0.380 e. The molecule has 15 heavy (non-hydrogen) atoms. The summed E-state index contributed by atoms with van der Waals surface area (Å²) in [5.74, 6) is 0. The fraction of sp³-hybridized carbons (Fsp3) is 0.625. The molecule has 0 atom stereocenters. The van der Waals surface area contributed by atoms with Gasteiger partial charge in [-0.15, -0.1) is 0 Å². The molecule has 0 amide bonds. The van der Waals surface area contributed by atoms with Crippen LogP contribution in [0.4, 0.5) is 5.69 Å². The van der Waals surface area contributed by atoms with E-state index in [0.717, 1.165) is 0 Å². The molecule has 1 aliphatic heterocycles. The van der Waals surface area contributed by atoms with Crippen LogP contribution in [0.15, 0.2) is 12.4 Å². The molecule has 1 aliphatic rings. The van der Waals surface area contributed by atoms with Gasteiger partial charge in [0, 0.05) is 12.0 Å². The Kier molecular flexibility index (Phi) is 2.41. The van der Waals surface area contributed by atoms with Crippen molar-refractivity contribution in [3.05, 3.63) is 22.5 Å². The number of rotatable bonds is 4. The highest BCUT2D eigenvalue weighted by molar-refractivity contribution is 5.20. The van der Waals surface area contributed by atoms with E-state index in [9.17, 15) is 10.1 Å². The van der Waals surface area contributed by atoms with Gasteiger partial charge in [-0.3, -0.25) is 14.8 Å². The molecule has 0 unspecified atom stereocenters. The Morgan fingerprint density at radius 3 is 2.87 bits per heavy atom. The zero-order valence-corrected chi connectivity index (χ0v) is 8.13. The summed E-state index contributed by atoms with van der Waals surface area (Å²) in [6, 6.07) is 0. The summed E-state index contributed by atoms with van der Waals surface area (Å²) in [5.41, 5.74) is 5.53. The van der Waals surface area contributed by atoms with Crippen molar-refractivity contribution in [2.24, 2.45) is 11.1 Å². The number of nitro groups is 1. The van der Waals surface area contributed by atoms with Crippen LogP contribution in [0.5, 0.6) is 0 Å². The fourth-order valence-corrected chi connectivity index (χ4v) is 1.54. The van der Waals surface area contributed by atoms with Crippen LogP contribution in [0.2, 0.25) is 0 Å². The standard InChI is InChI=1S/C8H12N4O3/c9-3-8(5-15-6-8)4-11-2-7(1-10-11)12(13)14/h1-2H,3-6,9H2. The predicted octanol–water partition coefficient (Wildman–Crippen LogP) is -0.233. The summed E-state index contributed by atoms with van der Waals surface area (Å²) >= 11 is 0. The molecule has 1 fully saturated rings. The normalized spacial score (nSPS) is 18.5. The third-order valence-corrected chi connectivity index (χ3v) is 2.58. The number of hydrogen-bond donors (Lipinski definition) is 1. The fourth-order valence-electron chi connectivity index (χ4n) is 1.54. The smallest absolute Gasteiger partial charge is 0.306 e. The monoisotopic (exact) mass is 212 g/mol. The van der Waals surface area contributed by atoms with Gasteiger partial charge in [0.1, 0.15) is 12.4 Å². The first-order chi connectivity index (χ1) is 7.15. The van der Waals surface area contributed by atoms with Gasteiger partial charge in [-0.2, -0.15) is 5.10 Å². The molecule has 7 nitrogen and oxygen atoms in total. The second-order valence-electron chi connectivity index (χ2n) is 3.85. The molecule has 1 aromatic heterocycles. The SMILES string of the molecule is NCC1(Cn2cc([N+](=O)[O-])cn2)COC1. The Hall–Kier alpha value is -1.47. The molecular weight excluding hydrogens is 200 g/mol. The van der Waals surface area contributed by atoms with Crippen molar-refractivity contribution >= 4 is 5.69 Å².